The van der Waals surface area contributed by atoms with E-state index in [4.69, 9.17) is 4.74 Å². The molecule has 1 heterocycles. The number of nitrogens with zero attached hydrogens (tertiary/aromatic N) is 1. The third-order valence-corrected chi connectivity index (χ3v) is 4.92. The molecule has 1 aromatic heterocycles. The van der Waals surface area contributed by atoms with E-state index in [0.29, 0.717) is 0 Å². The van der Waals surface area contributed by atoms with Crippen molar-refractivity contribution in [2.75, 3.05) is 5.75 Å². The van der Waals surface area contributed by atoms with E-state index in [2.05, 4.69) is 10.3 Å². The van der Waals surface area contributed by atoms with Gasteiger partial charge in [0.2, 0.25) is 0 Å². The van der Waals surface area contributed by atoms with Crippen molar-refractivity contribution in [3.8, 4) is 0 Å². The van der Waals surface area contributed by atoms with Gasteiger partial charge in [-0.2, -0.15) is 0 Å². The zero-order chi connectivity index (χ0) is 17.0. The standard InChI is InChI=1S/C16H20N2O3S2/c1-10(14(20)18-16(2,3)4)21-13(19)9-22-15-17-11-7-5-6-8-12(11)23-15/h5-8,10H,9H2,1-4H3,(H,18,20). The molecule has 124 valence electrons. The summed E-state index contributed by atoms with van der Waals surface area (Å²) < 4.78 is 7.06. The molecular formula is C16H20N2O3S2. The molecule has 1 amide bonds. The van der Waals surface area contributed by atoms with Crippen LogP contribution in [-0.2, 0) is 14.3 Å². The van der Waals surface area contributed by atoms with Crippen LogP contribution < -0.4 is 5.32 Å². The number of para-hydroxylation sites is 1. The van der Waals surface area contributed by atoms with Gasteiger partial charge in [-0.1, -0.05) is 23.9 Å². The fourth-order valence-corrected chi connectivity index (χ4v) is 3.64. The predicted octanol–water partition coefficient (Wildman–Crippen LogP) is 3.23. The quantitative estimate of drug-likeness (QED) is 0.661. The Morgan fingerprint density at radius 2 is 2.04 bits per heavy atom. The minimum atomic E-state index is -0.808. The zero-order valence-corrected chi connectivity index (χ0v) is 15.2. The van der Waals surface area contributed by atoms with E-state index in [-0.39, 0.29) is 17.2 Å². The van der Waals surface area contributed by atoms with Crippen LogP contribution in [0.1, 0.15) is 27.7 Å². The second-order valence-electron chi connectivity index (χ2n) is 6.11. The van der Waals surface area contributed by atoms with Crippen LogP contribution in [-0.4, -0.2) is 34.3 Å². The van der Waals surface area contributed by atoms with Crippen LogP contribution in [0.25, 0.3) is 10.2 Å². The van der Waals surface area contributed by atoms with Gasteiger partial charge in [0.05, 0.1) is 16.0 Å². The molecule has 7 heteroatoms. The van der Waals surface area contributed by atoms with Gasteiger partial charge in [-0.3, -0.25) is 9.59 Å². The molecule has 0 aliphatic heterocycles. The highest BCUT2D eigenvalue weighted by Gasteiger charge is 2.22. The number of thioether (sulfide) groups is 1. The molecule has 0 fully saturated rings. The van der Waals surface area contributed by atoms with Crippen molar-refractivity contribution in [1.29, 1.82) is 0 Å². The van der Waals surface area contributed by atoms with Gasteiger partial charge in [0.15, 0.2) is 10.4 Å². The average Bonchev–Trinajstić information content (AvgIpc) is 2.86. The van der Waals surface area contributed by atoms with Gasteiger partial charge in [0.1, 0.15) is 0 Å². The number of fused-ring (bicyclic) bond motifs is 1. The number of thiazole rings is 1. The van der Waals surface area contributed by atoms with Crippen molar-refractivity contribution >= 4 is 45.2 Å². The normalized spacial score (nSPS) is 12.9. The Kier molecular flexibility index (Phi) is 5.64. The molecule has 0 aliphatic rings. The van der Waals surface area contributed by atoms with E-state index in [1.807, 2.05) is 45.0 Å². The maximum absolute atomic E-state index is 11.9. The predicted molar refractivity (Wildman–Crippen MR) is 93.8 cm³/mol. The molecule has 0 saturated heterocycles. The maximum atomic E-state index is 11.9. The maximum Gasteiger partial charge on any atom is 0.317 e. The summed E-state index contributed by atoms with van der Waals surface area (Å²) in [5.41, 5.74) is 0.569. The van der Waals surface area contributed by atoms with Gasteiger partial charge in [-0.05, 0) is 39.8 Å². The summed E-state index contributed by atoms with van der Waals surface area (Å²) in [5, 5.41) is 2.78. The van der Waals surface area contributed by atoms with E-state index in [9.17, 15) is 9.59 Å². The molecule has 1 atom stereocenters. The smallest absolute Gasteiger partial charge is 0.317 e. The van der Waals surface area contributed by atoms with E-state index >= 15 is 0 Å². The number of rotatable bonds is 5. The second kappa shape index (κ2) is 7.31. The molecule has 1 aromatic carbocycles. The molecule has 0 saturated carbocycles. The van der Waals surface area contributed by atoms with Crippen LogP contribution in [0.2, 0.25) is 0 Å². The summed E-state index contributed by atoms with van der Waals surface area (Å²) >= 11 is 2.86. The van der Waals surface area contributed by atoms with Crippen LogP contribution >= 0.6 is 23.1 Å². The van der Waals surface area contributed by atoms with Crippen molar-refractivity contribution in [3.63, 3.8) is 0 Å². The lowest BCUT2D eigenvalue weighted by atomic mass is 10.1. The molecule has 23 heavy (non-hydrogen) atoms. The Morgan fingerprint density at radius 1 is 1.35 bits per heavy atom. The third-order valence-electron chi connectivity index (χ3n) is 2.76. The summed E-state index contributed by atoms with van der Waals surface area (Å²) in [6, 6.07) is 7.82. The summed E-state index contributed by atoms with van der Waals surface area (Å²) in [6.07, 6.45) is -0.808. The first-order valence-electron chi connectivity index (χ1n) is 7.24. The van der Waals surface area contributed by atoms with Crippen LogP contribution in [0, 0.1) is 0 Å². The summed E-state index contributed by atoms with van der Waals surface area (Å²) in [5.74, 6) is -0.589. The topological polar surface area (TPSA) is 68.3 Å². The molecule has 1 unspecified atom stereocenters. The van der Waals surface area contributed by atoms with E-state index in [1.54, 1.807) is 6.92 Å². The van der Waals surface area contributed by atoms with Gasteiger partial charge >= 0.3 is 5.97 Å². The van der Waals surface area contributed by atoms with Crippen molar-refractivity contribution in [2.45, 2.75) is 43.7 Å². The van der Waals surface area contributed by atoms with Crippen molar-refractivity contribution in [1.82, 2.24) is 10.3 Å². The Hall–Kier alpha value is -1.60. The molecule has 0 spiro atoms. The zero-order valence-electron chi connectivity index (χ0n) is 13.6. The molecule has 2 rings (SSSR count). The Morgan fingerprint density at radius 3 is 2.70 bits per heavy atom. The number of ether oxygens (including phenoxy) is 1. The number of esters is 1. The number of nitrogens with one attached hydrogen (secondary N) is 1. The third kappa shape index (κ3) is 5.51. The summed E-state index contributed by atoms with van der Waals surface area (Å²) in [7, 11) is 0. The highest BCUT2D eigenvalue weighted by atomic mass is 32.2. The van der Waals surface area contributed by atoms with E-state index in [1.165, 1.54) is 23.1 Å². The lowest BCUT2D eigenvalue weighted by Gasteiger charge is -2.23. The Bertz CT molecular complexity index is 674. The summed E-state index contributed by atoms with van der Waals surface area (Å²) in [4.78, 5) is 28.2. The lowest BCUT2D eigenvalue weighted by Crippen LogP contribution is -2.46. The minimum Gasteiger partial charge on any atom is -0.452 e. The van der Waals surface area contributed by atoms with E-state index in [0.717, 1.165) is 14.6 Å². The molecule has 5 nitrogen and oxygen atoms in total. The number of hydrogen-bond acceptors (Lipinski definition) is 6. The Labute approximate surface area is 143 Å². The fourth-order valence-electron chi connectivity index (χ4n) is 1.79. The van der Waals surface area contributed by atoms with Crippen LogP contribution in [0.3, 0.4) is 0 Å². The molecule has 0 radical (unpaired) electrons. The van der Waals surface area contributed by atoms with Crippen LogP contribution in [0.4, 0.5) is 0 Å². The van der Waals surface area contributed by atoms with Gasteiger partial charge in [-0.25, -0.2) is 4.98 Å². The SMILES string of the molecule is CC(OC(=O)CSc1nc2ccccc2s1)C(=O)NC(C)(C)C. The highest BCUT2D eigenvalue weighted by Crippen LogP contribution is 2.29. The van der Waals surface area contributed by atoms with Gasteiger partial charge in [0, 0.05) is 5.54 Å². The monoisotopic (exact) mass is 352 g/mol. The molecular weight excluding hydrogens is 332 g/mol. The number of hydrogen-bond donors (Lipinski definition) is 1. The first-order chi connectivity index (χ1) is 10.7. The molecule has 0 bridgehead atoms. The largest absolute Gasteiger partial charge is 0.452 e. The highest BCUT2D eigenvalue weighted by molar-refractivity contribution is 8.01. The lowest BCUT2D eigenvalue weighted by molar-refractivity contribution is -0.152. The second-order valence-corrected chi connectivity index (χ2v) is 8.36. The number of aromatic nitrogens is 1. The Balaban J connectivity index is 1.83. The number of carbonyl (C=O) groups excluding carboxylic acids is 2. The molecule has 0 aliphatic carbocycles. The van der Waals surface area contributed by atoms with Crippen LogP contribution in [0.15, 0.2) is 28.6 Å². The summed E-state index contributed by atoms with van der Waals surface area (Å²) in [6.45, 7) is 7.20. The van der Waals surface area contributed by atoms with Gasteiger partial charge in [0.25, 0.3) is 5.91 Å². The van der Waals surface area contributed by atoms with Crippen molar-refractivity contribution in [3.05, 3.63) is 24.3 Å². The number of benzene rings is 1. The molecule has 1 N–H and O–H groups in total. The number of amides is 1. The number of carbonyl (C=O) groups is 2. The minimum absolute atomic E-state index is 0.132. The first kappa shape index (κ1) is 17.7. The van der Waals surface area contributed by atoms with Crippen molar-refractivity contribution in [2.24, 2.45) is 0 Å². The van der Waals surface area contributed by atoms with E-state index < -0.39 is 12.1 Å². The van der Waals surface area contributed by atoms with Gasteiger partial charge < -0.3 is 10.1 Å². The fraction of sp³-hybridized carbons (Fsp3) is 0.438. The van der Waals surface area contributed by atoms with Crippen molar-refractivity contribution < 1.29 is 14.3 Å². The first-order valence-corrected chi connectivity index (χ1v) is 9.05. The van der Waals surface area contributed by atoms with Crippen LogP contribution in [0.5, 0.6) is 0 Å². The molecule has 2 aromatic rings. The average molecular weight is 352 g/mol. The van der Waals surface area contributed by atoms with Gasteiger partial charge in [-0.15, -0.1) is 11.3 Å².